The summed E-state index contributed by atoms with van der Waals surface area (Å²) in [6, 6.07) is 10.5. The van der Waals surface area contributed by atoms with Crippen LogP contribution in [0.5, 0.6) is 0 Å². The third-order valence-electron chi connectivity index (χ3n) is 5.90. The Hall–Kier alpha value is -2.62. The Balaban J connectivity index is 1.65. The monoisotopic (exact) mass is 346 g/mol. The molecule has 1 aromatic heterocycles. The molecule has 132 valence electrons. The van der Waals surface area contributed by atoms with E-state index in [2.05, 4.69) is 47.7 Å². The minimum atomic E-state index is -0.488. The highest BCUT2D eigenvalue weighted by Crippen LogP contribution is 2.42. The van der Waals surface area contributed by atoms with E-state index in [0.29, 0.717) is 0 Å². The first-order chi connectivity index (χ1) is 12.4. The molecule has 1 aliphatic heterocycles. The zero-order valence-electron chi connectivity index (χ0n) is 15.3. The maximum Gasteiger partial charge on any atom is 0.234 e. The van der Waals surface area contributed by atoms with E-state index in [1.807, 2.05) is 13.8 Å². The van der Waals surface area contributed by atoms with Crippen molar-refractivity contribution in [3.8, 4) is 11.1 Å². The highest BCUT2D eigenvalue weighted by atomic mass is 16.5. The van der Waals surface area contributed by atoms with Gasteiger partial charge in [0.05, 0.1) is 11.1 Å². The normalized spacial score (nSPS) is 18.2. The first-order valence-corrected chi connectivity index (χ1v) is 9.29. The molecular weight excluding hydrogens is 324 g/mol. The van der Waals surface area contributed by atoms with E-state index >= 15 is 0 Å². The van der Waals surface area contributed by atoms with E-state index in [4.69, 9.17) is 4.52 Å². The SMILES string of the molecule is Cc1ccc2c(CC3CC3)noc2c1-c1ccc2c(c1)NC(=O)C2(C)C. The summed E-state index contributed by atoms with van der Waals surface area (Å²) in [6.07, 6.45) is 3.60. The lowest BCUT2D eigenvalue weighted by Gasteiger charge is -2.15. The standard InChI is InChI=1S/C22H22N2O2/c1-12-4-8-15-17(10-13-5-6-13)24-26-20(15)19(12)14-7-9-16-18(11-14)23-21(25)22(16,2)3/h4,7-9,11,13H,5-6,10H2,1-3H3,(H,23,25). The van der Waals surface area contributed by atoms with Crippen molar-refractivity contribution in [3.05, 3.63) is 47.2 Å². The van der Waals surface area contributed by atoms with Gasteiger partial charge in [-0.25, -0.2) is 0 Å². The Morgan fingerprint density at radius 3 is 2.81 bits per heavy atom. The molecule has 1 saturated carbocycles. The lowest BCUT2D eigenvalue weighted by atomic mass is 9.85. The predicted octanol–water partition coefficient (Wildman–Crippen LogP) is 4.99. The molecule has 2 aliphatic rings. The quantitative estimate of drug-likeness (QED) is 0.727. The zero-order valence-corrected chi connectivity index (χ0v) is 15.3. The summed E-state index contributed by atoms with van der Waals surface area (Å²) >= 11 is 0. The van der Waals surface area contributed by atoms with Crippen molar-refractivity contribution < 1.29 is 9.32 Å². The second-order valence-electron chi connectivity index (χ2n) is 8.25. The highest BCUT2D eigenvalue weighted by Gasteiger charge is 2.38. The molecule has 2 heterocycles. The van der Waals surface area contributed by atoms with Gasteiger partial charge in [-0.1, -0.05) is 23.4 Å². The van der Waals surface area contributed by atoms with Crippen LogP contribution in [0, 0.1) is 12.8 Å². The fraction of sp³-hybridized carbons (Fsp3) is 0.364. The fourth-order valence-electron chi connectivity index (χ4n) is 4.00. The number of aromatic nitrogens is 1. The maximum atomic E-state index is 12.3. The van der Waals surface area contributed by atoms with Gasteiger partial charge >= 0.3 is 0 Å². The second kappa shape index (κ2) is 5.19. The van der Waals surface area contributed by atoms with Gasteiger partial charge in [-0.3, -0.25) is 4.79 Å². The molecule has 26 heavy (non-hydrogen) atoms. The number of hydrogen-bond donors (Lipinski definition) is 1. The smallest absolute Gasteiger partial charge is 0.234 e. The third kappa shape index (κ3) is 2.21. The molecule has 1 N–H and O–H groups in total. The van der Waals surface area contributed by atoms with Gasteiger partial charge in [0.2, 0.25) is 5.91 Å². The lowest BCUT2D eigenvalue weighted by molar-refractivity contribution is -0.119. The molecule has 0 radical (unpaired) electrons. The average Bonchev–Trinajstić information content (AvgIpc) is 3.28. The van der Waals surface area contributed by atoms with Crippen LogP contribution >= 0.6 is 0 Å². The molecular formula is C22H22N2O2. The van der Waals surface area contributed by atoms with Crippen molar-refractivity contribution in [3.63, 3.8) is 0 Å². The molecule has 2 aromatic carbocycles. The molecule has 1 aliphatic carbocycles. The lowest BCUT2D eigenvalue weighted by Crippen LogP contribution is -2.26. The van der Waals surface area contributed by atoms with Gasteiger partial charge in [0.25, 0.3) is 0 Å². The molecule has 0 unspecified atom stereocenters. The van der Waals surface area contributed by atoms with Gasteiger partial charge in [0, 0.05) is 16.6 Å². The van der Waals surface area contributed by atoms with Gasteiger partial charge in [-0.2, -0.15) is 0 Å². The highest BCUT2D eigenvalue weighted by molar-refractivity contribution is 6.07. The van der Waals surface area contributed by atoms with Crippen molar-refractivity contribution >= 4 is 22.6 Å². The van der Waals surface area contributed by atoms with Gasteiger partial charge in [0.1, 0.15) is 0 Å². The predicted molar refractivity (Wildman–Crippen MR) is 102 cm³/mol. The Labute approximate surface area is 152 Å². The van der Waals surface area contributed by atoms with Crippen molar-refractivity contribution in [2.24, 2.45) is 5.92 Å². The van der Waals surface area contributed by atoms with Crippen LogP contribution in [0.4, 0.5) is 5.69 Å². The number of aryl methyl sites for hydroxylation is 1. The topological polar surface area (TPSA) is 55.1 Å². The Bertz CT molecular complexity index is 1060. The number of nitrogens with one attached hydrogen (secondary N) is 1. The number of carbonyl (C=O) groups is 1. The van der Waals surface area contributed by atoms with Crippen LogP contribution in [0.25, 0.3) is 22.1 Å². The molecule has 0 atom stereocenters. The van der Waals surface area contributed by atoms with Gasteiger partial charge in [-0.05, 0) is 74.8 Å². The number of benzene rings is 2. The van der Waals surface area contributed by atoms with Crippen molar-refractivity contribution in [1.29, 1.82) is 0 Å². The van der Waals surface area contributed by atoms with E-state index in [9.17, 15) is 4.79 Å². The van der Waals surface area contributed by atoms with Crippen LogP contribution in [0.15, 0.2) is 34.9 Å². The minimum Gasteiger partial charge on any atom is -0.355 e. The maximum absolute atomic E-state index is 12.3. The van der Waals surface area contributed by atoms with E-state index in [0.717, 1.165) is 56.9 Å². The number of amides is 1. The van der Waals surface area contributed by atoms with Crippen molar-refractivity contribution in [1.82, 2.24) is 5.16 Å². The summed E-state index contributed by atoms with van der Waals surface area (Å²) in [5.74, 6) is 0.816. The molecule has 4 heteroatoms. The van der Waals surface area contributed by atoms with E-state index < -0.39 is 5.41 Å². The van der Waals surface area contributed by atoms with Crippen molar-refractivity contribution in [2.75, 3.05) is 5.32 Å². The van der Waals surface area contributed by atoms with Crippen LogP contribution in [0.3, 0.4) is 0 Å². The summed E-state index contributed by atoms with van der Waals surface area (Å²) < 4.78 is 5.79. The summed E-state index contributed by atoms with van der Waals surface area (Å²) in [6.45, 7) is 6.01. The minimum absolute atomic E-state index is 0.0472. The van der Waals surface area contributed by atoms with Crippen LogP contribution < -0.4 is 5.32 Å². The number of fused-ring (bicyclic) bond motifs is 2. The number of anilines is 1. The van der Waals surface area contributed by atoms with Crippen molar-refractivity contribution in [2.45, 2.75) is 45.4 Å². The fourth-order valence-corrected chi connectivity index (χ4v) is 4.00. The first-order valence-electron chi connectivity index (χ1n) is 9.29. The zero-order chi connectivity index (χ0) is 18.1. The first kappa shape index (κ1) is 15.6. The van der Waals surface area contributed by atoms with Crippen LogP contribution in [0.1, 0.15) is 43.5 Å². The number of rotatable bonds is 3. The van der Waals surface area contributed by atoms with E-state index in [-0.39, 0.29) is 5.91 Å². The molecule has 0 saturated heterocycles. The Morgan fingerprint density at radius 1 is 1.23 bits per heavy atom. The number of nitrogens with zero attached hydrogens (tertiary/aromatic N) is 1. The van der Waals surface area contributed by atoms with Gasteiger partial charge in [0.15, 0.2) is 5.58 Å². The molecule has 3 aromatic rings. The number of hydrogen-bond acceptors (Lipinski definition) is 3. The molecule has 1 fully saturated rings. The molecule has 4 nitrogen and oxygen atoms in total. The molecule has 5 rings (SSSR count). The summed E-state index contributed by atoms with van der Waals surface area (Å²) in [5.41, 5.74) is 6.64. The second-order valence-corrected chi connectivity index (χ2v) is 8.25. The summed E-state index contributed by atoms with van der Waals surface area (Å²) in [4.78, 5) is 12.3. The average molecular weight is 346 g/mol. The van der Waals surface area contributed by atoms with Crippen LogP contribution in [-0.2, 0) is 16.6 Å². The van der Waals surface area contributed by atoms with Gasteiger partial charge < -0.3 is 9.84 Å². The van der Waals surface area contributed by atoms with E-state index in [1.54, 1.807) is 0 Å². The van der Waals surface area contributed by atoms with Gasteiger partial charge in [-0.15, -0.1) is 0 Å². The number of carbonyl (C=O) groups excluding carboxylic acids is 1. The summed E-state index contributed by atoms with van der Waals surface area (Å²) in [5, 5.41) is 8.50. The Morgan fingerprint density at radius 2 is 2.04 bits per heavy atom. The third-order valence-corrected chi connectivity index (χ3v) is 5.90. The molecule has 0 bridgehead atoms. The Kier molecular flexibility index (Phi) is 3.12. The van der Waals surface area contributed by atoms with Crippen LogP contribution in [-0.4, -0.2) is 11.1 Å². The van der Waals surface area contributed by atoms with Crippen LogP contribution in [0.2, 0.25) is 0 Å². The molecule has 0 spiro atoms. The molecule has 1 amide bonds. The largest absolute Gasteiger partial charge is 0.355 e. The van der Waals surface area contributed by atoms with E-state index in [1.165, 1.54) is 12.8 Å². The summed E-state index contributed by atoms with van der Waals surface area (Å²) in [7, 11) is 0.